The average molecular weight is 269 g/mol. The number of hydrogen-bond donors (Lipinski definition) is 3. The molecule has 0 aliphatic heterocycles. The van der Waals surface area contributed by atoms with E-state index in [9.17, 15) is 5.11 Å². The van der Waals surface area contributed by atoms with Gasteiger partial charge >= 0.3 is 0 Å². The summed E-state index contributed by atoms with van der Waals surface area (Å²) >= 11 is 0. The lowest BCUT2D eigenvalue weighted by Crippen LogP contribution is -2.04. The lowest BCUT2D eigenvalue weighted by Gasteiger charge is -2.09. The van der Waals surface area contributed by atoms with Crippen LogP contribution in [-0.2, 0) is 6.54 Å². The fraction of sp³-hybridized carbons (Fsp3) is 0.143. The van der Waals surface area contributed by atoms with Crippen LogP contribution in [0.5, 0.6) is 5.75 Å². The third-order valence-corrected chi connectivity index (χ3v) is 3.06. The molecule has 0 saturated carbocycles. The zero-order chi connectivity index (χ0) is 14.1. The first-order chi connectivity index (χ1) is 9.63. The Morgan fingerprint density at radius 2 is 2.20 bits per heavy atom. The molecule has 0 unspecified atom stereocenters. The van der Waals surface area contributed by atoms with Crippen LogP contribution in [0.4, 0.5) is 11.5 Å². The summed E-state index contributed by atoms with van der Waals surface area (Å²) in [5.41, 5.74) is 8.89. The molecule has 6 heteroatoms. The molecular weight excluding hydrogens is 254 g/mol. The summed E-state index contributed by atoms with van der Waals surface area (Å²) < 4.78 is 1.77. The normalized spacial score (nSPS) is 10.8. The molecule has 3 rings (SSSR count). The molecule has 102 valence electrons. The van der Waals surface area contributed by atoms with E-state index < -0.39 is 0 Å². The molecule has 3 aromatic rings. The van der Waals surface area contributed by atoms with Gasteiger partial charge in [-0.3, -0.25) is 0 Å². The second kappa shape index (κ2) is 4.73. The van der Waals surface area contributed by atoms with Crippen molar-refractivity contribution >= 4 is 17.0 Å². The predicted molar refractivity (Wildman–Crippen MR) is 77.6 cm³/mol. The smallest absolute Gasteiger partial charge is 0.152 e. The molecule has 2 heterocycles. The van der Waals surface area contributed by atoms with E-state index in [2.05, 4.69) is 15.4 Å². The van der Waals surface area contributed by atoms with Gasteiger partial charge in [-0.25, -0.2) is 9.50 Å². The number of anilines is 2. The largest absolute Gasteiger partial charge is 0.508 e. The van der Waals surface area contributed by atoms with Gasteiger partial charge in [0.15, 0.2) is 5.82 Å². The molecule has 1 aromatic carbocycles. The van der Waals surface area contributed by atoms with E-state index >= 15 is 0 Å². The lowest BCUT2D eigenvalue weighted by molar-refractivity contribution is 0.469. The highest BCUT2D eigenvalue weighted by atomic mass is 16.3. The van der Waals surface area contributed by atoms with E-state index in [-0.39, 0.29) is 5.75 Å². The first-order valence-corrected chi connectivity index (χ1v) is 6.26. The molecule has 0 atom stereocenters. The molecule has 4 N–H and O–H groups in total. The highest BCUT2D eigenvalue weighted by molar-refractivity contribution is 5.68. The first kappa shape index (κ1) is 12.3. The number of nitrogen functional groups attached to an aromatic ring is 1. The fourth-order valence-electron chi connectivity index (χ4n) is 2.11. The van der Waals surface area contributed by atoms with E-state index in [1.807, 2.05) is 13.0 Å². The summed E-state index contributed by atoms with van der Waals surface area (Å²) in [5.74, 6) is 0.929. The standard InChI is InChI=1S/C14H15N5O/c1-9-6-12-14(16-4-5-19(12)18-9)17-8-10-7-11(15)2-3-13(10)20/h2-7,20H,8,15H2,1H3,(H,16,17). The Morgan fingerprint density at radius 1 is 1.35 bits per heavy atom. The van der Waals surface area contributed by atoms with Crippen molar-refractivity contribution in [2.75, 3.05) is 11.1 Å². The molecule has 20 heavy (non-hydrogen) atoms. The molecule has 6 nitrogen and oxygen atoms in total. The monoisotopic (exact) mass is 269 g/mol. The van der Waals surface area contributed by atoms with E-state index in [1.165, 1.54) is 0 Å². The third-order valence-electron chi connectivity index (χ3n) is 3.06. The number of fused-ring (bicyclic) bond motifs is 1. The summed E-state index contributed by atoms with van der Waals surface area (Å²) in [5, 5.41) is 17.3. The molecule has 2 aromatic heterocycles. The van der Waals surface area contributed by atoms with Crippen molar-refractivity contribution in [3.05, 3.63) is 47.9 Å². The number of nitrogens with two attached hydrogens (primary N) is 1. The molecule has 0 amide bonds. The molecule has 0 fully saturated rings. The highest BCUT2D eigenvalue weighted by Gasteiger charge is 2.07. The van der Waals surface area contributed by atoms with Gasteiger partial charge in [-0.2, -0.15) is 5.10 Å². The van der Waals surface area contributed by atoms with Crippen LogP contribution < -0.4 is 11.1 Å². The molecule has 0 aliphatic carbocycles. The minimum Gasteiger partial charge on any atom is -0.508 e. The number of benzene rings is 1. The van der Waals surface area contributed by atoms with Gasteiger partial charge in [0, 0.05) is 30.2 Å². The number of aromatic nitrogens is 3. The van der Waals surface area contributed by atoms with Crippen molar-refractivity contribution in [1.82, 2.24) is 14.6 Å². The van der Waals surface area contributed by atoms with E-state index in [4.69, 9.17) is 5.73 Å². The molecule has 0 saturated heterocycles. The minimum atomic E-state index is 0.211. The number of rotatable bonds is 3. The van der Waals surface area contributed by atoms with Gasteiger partial charge in [-0.15, -0.1) is 0 Å². The zero-order valence-corrected chi connectivity index (χ0v) is 11.0. The molecule has 0 spiro atoms. The number of phenols is 1. The molecule has 0 aliphatic rings. The van der Waals surface area contributed by atoms with Gasteiger partial charge in [-0.05, 0) is 31.2 Å². The number of phenolic OH excluding ortho intramolecular Hbond substituents is 1. The quantitative estimate of drug-likeness (QED) is 0.499. The number of hydrogen-bond acceptors (Lipinski definition) is 5. The summed E-state index contributed by atoms with van der Waals surface area (Å²) in [6, 6.07) is 6.94. The van der Waals surface area contributed by atoms with E-state index in [0.29, 0.717) is 12.2 Å². The summed E-state index contributed by atoms with van der Waals surface area (Å²) in [6.07, 6.45) is 3.48. The SMILES string of the molecule is Cc1cc2c(NCc3cc(N)ccc3O)nccn2n1. The van der Waals surface area contributed by atoms with Crippen molar-refractivity contribution in [1.29, 1.82) is 0 Å². The van der Waals surface area contributed by atoms with E-state index in [1.54, 1.807) is 35.1 Å². The molecular formula is C14H15N5O. The zero-order valence-electron chi connectivity index (χ0n) is 11.0. The fourth-order valence-corrected chi connectivity index (χ4v) is 2.11. The second-order valence-corrected chi connectivity index (χ2v) is 4.63. The first-order valence-electron chi connectivity index (χ1n) is 6.26. The second-order valence-electron chi connectivity index (χ2n) is 4.63. The van der Waals surface area contributed by atoms with Gasteiger partial charge in [0.2, 0.25) is 0 Å². The van der Waals surface area contributed by atoms with Gasteiger partial charge in [0.1, 0.15) is 11.3 Å². The summed E-state index contributed by atoms with van der Waals surface area (Å²) in [7, 11) is 0. The van der Waals surface area contributed by atoms with Crippen LogP contribution >= 0.6 is 0 Å². The third kappa shape index (κ3) is 2.23. The van der Waals surface area contributed by atoms with Crippen molar-refractivity contribution in [2.24, 2.45) is 0 Å². The van der Waals surface area contributed by atoms with Crippen LogP contribution in [0.25, 0.3) is 5.52 Å². The maximum absolute atomic E-state index is 9.80. The van der Waals surface area contributed by atoms with Crippen LogP contribution in [0.15, 0.2) is 36.7 Å². The Kier molecular flexibility index (Phi) is 2.90. The van der Waals surface area contributed by atoms with Crippen molar-refractivity contribution in [3.63, 3.8) is 0 Å². The van der Waals surface area contributed by atoms with Crippen LogP contribution in [0, 0.1) is 6.92 Å². The number of nitrogens with one attached hydrogen (secondary N) is 1. The Labute approximate surface area is 115 Å². The van der Waals surface area contributed by atoms with E-state index in [0.717, 1.165) is 22.6 Å². The van der Waals surface area contributed by atoms with Gasteiger partial charge in [0.05, 0.1) is 5.69 Å². The Hall–Kier alpha value is -2.76. The number of aryl methyl sites for hydroxylation is 1. The van der Waals surface area contributed by atoms with Gasteiger partial charge in [-0.1, -0.05) is 0 Å². The van der Waals surface area contributed by atoms with Crippen LogP contribution in [0.3, 0.4) is 0 Å². The molecule has 0 bridgehead atoms. The summed E-state index contributed by atoms with van der Waals surface area (Å²) in [6.45, 7) is 2.37. The van der Waals surface area contributed by atoms with Crippen LogP contribution in [-0.4, -0.2) is 19.7 Å². The number of nitrogens with zero attached hydrogens (tertiary/aromatic N) is 3. The van der Waals surface area contributed by atoms with Crippen molar-refractivity contribution < 1.29 is 5.11 Å². The maximum Gasteiger partial charge on any atom is 0.152 e. The Balaban J connectivity index is 1.88. The van der Waals surface area contributed by atoms with Crippen molar-refractivity contribution in [2.45, 2.75) is 13.5 Å². The molecule has 0 radical (unpaired) electrons. The lowest BCUT2D eigenvalue weighted by atomic mass is 10.2. The highest BCUT2D eigenvalue weighted by Crippen LogP contribution is 2.22. The van der Waals surface area contributed by atoms with Crippen LogP contribution in [0.2, 0.25) is 0 Å². The van der Waals surface area contributed by atoms with Gasteiger partial charge in [0.25, 0.3) is 0 Å². The van der Waals surface area contributed by atoms with Gasteiger partial charge < -0.3 is 16.2 Å². The average Bonchev–Trinajstić information content (AvgIpc) is 2.80. The number of aromatic hydroxyl groups is 1. The van der Waals surface area contributed by atoms with Crippen LogP contribution in [0.1, 0.15) is 11.3 Å². The van der Waals surface area contributed by atoms with Crippen molar-refractivity contribution in [3.8, 4) is 5.75 Å². The predicted octanol–water partition coefficient (Wildman–Crippen LogP) is 1.94. The maximum atomic E-state index is 9.80. The minimum absolute atomic E-state index is 0.211. The Morgan fingerprint density at radius 3 is 3.05 bits per heavy atom. The topological polar surface area (TPSA) is 88.5 Å². The Bertz CT molecular complexity index is 765. The summed E-state index contributed by atoms with van der Waals surface area (Å²) in [4.78, 5) is 4.30.